The lowest BCUT2D eigenvalue weighted by Gasteiger charge is -2.30. The van der Waals surface area contributed by atoms with Gasteiger partial charge >= 0.3 is 0 Å². The van der Waals surface area contributed by atoms with Gasteiger partial charge in [-0.05, 0) is 30.5 Å². The molecule has 9 nitrogen and oxygen atoms in total. The van der Waals surface area contributed by atoms with E-state index >= 15 is 0 Å². The number of primary amides is 1. The van der Waals surface area contributed by atoms with Crippen molar-refractivity contribution in [3.63, 3.8) is 0 Å². The molecule has 1 unspecified atom stereocenters. The number of fused-ring (bicyclic) bond motifs is 1. The summed E-state index contributed by atoms with van der Waals surface area (Å²) in [6.07, 6.45) is 6.77. The van der Waals surface area contributed by atoms with Crippen LogP contribution in [0.15, 0.2) is 36.8 Å². The Balaban J connectivity index is 1.72. The number of carbonyl (C=O) groups excluding carboxylic acids is 1. The number of hydrogen-bond acceptors (Lipinski definition) is 7. The Morgan fingerprint density at radius 2 is 2.10 bits per heavy atom. The minimum absolute atomic E-state index is 0.153. The molecule has 1 aliphatic carbocycles. The second-order valence-electron chi connectivity index (χ2n) is 7.73. The maximum atomic E-state index is 11.6. The summed E-state index contributed by atoms with van der Waals surface area (Å²) in [5.74, 6) is 0.332. The molecule has 2 aromatic heterocycles. The third-order valence-electron chi connectivity index (χ3n) is 5.61. The van der Waals surface area contributed by atoms with E-state index in [0.717, 1.165) is 29.6 Å². The minimum Gasteiger partial charge on any atom is -0.394 e. The van der Waals surface area contributed by atoms with Gasteiger partial charge in [0.15, 0.2) is 5.65 Å². The second-order valence-corrected chi connectivity index (χ2v) is 7.73. The summed E-state index contributed by atoms with van der Waals surface area (Å²) in [6, 6.07) is 7.68. The molecule has 30 heavy (non-hydrogen) atoms. The molecule has 3 aromatic rings. The number of aromatic nitrogens is 4. The van der Waals surface area contributed by atoms with E-state index < -0.39 is 12.0 Å². The molecular weight excluding hydrogens is 384 g/mol. The van der Waals surface area contributed by atoms with Gasteiger partial charge in [0.2, 0.25) is 5.91 Å². The molecule has 1 fully saturated rings. The third-order valence-corrected chi connectivity index (χ3v) is 5.61. The lowest BCUT2D eigenvalue weighted by molar-refractivity contribution is 0.0792. The lowest BCUT2D eigenvalue weighted by atomic mass is 10.1. The van der Waals surface area contributed by atoms with Crippen LogP contribution in [0.4, 0.5) is 5.82 Å². The zero-order chi connectivity index (χ0) is 21.1. The molecule has 0 saturated heterocycles. The van der Waals surface area contributed by atoms with Crippen molar-refractivity contribution in [2.75, 3.05) is 11.5 Å². The summed E-state index contributed by atoms with van der Waals surface area (Å²) < 4.78 is 1.59. The standard InChI is InChI=1S/C21H26N6O3/c22-19(30)15-5-3-4-14(8-15)10-26(16-6-1-2-7-16)20-18-9-25-27(11-17(29)12-28)21(18)24-13-23-20/h3-5,8-9,13,16-17,28-29H,1-2,6-7,10-12H2,(H2,22,30). The first-order valence-electron chi connectivity index (χ1n) is 10.2. The summed E-state index contributed by atoms with van der Waals surface area (Å²) in [7, 11) is 0. The topological polar surface area (TPSA) is 130 Å². The Morgan fingerprint density at radius 1 is 1.30 bits per heavy atom. The normalized spacial score (nSPS) is 15.5. The van der Waals surface area contributed by atoms with Gasteiger partial charge in [-0.3, -0.25) is 4.79 Å². The monoisotopic (exact) mass is 410 g/mol. The third kappa shape index (κ3) is 4.12. The van der Waals surface area contributed by atoms with Crippen LogP contribution < -0.4 is 10.6 Å². The van der Waals surface area contributed by atoms with E-state index in [1.165, 1.54) is 19.2 Å². The Kier molecular flexibility index (Phi) is 5.91. The van der Waals surface area contributed by atoms with Crippen molar-refractivity contribution in [2.24, 2.45) is 5.73 Å². The minimum atomic E-state index is -0.908. The molecule has 0 bridgehead atoms. The molecule has 0 radical (unpaired) electrons. The number of anilines is 1. The zero-order valence-corrected chi connectivity index (χ0v) is 16.7. The van der Waals surface area contributed by atoms with Gasteiger partial charge in [-0.15, -0.1) is 0 Å². The average molecular weight is 410 g/mol. The first-order chi connectivity index (χ1) is 14.6. The van der Waals surface area contributed by atoms with E-state index in [4.69, 9.17) is 10.8 Å². The SMILES string of the molecule is NC(=O)c1cccc(CN(c2ncnc3c2cnn3CC(O)CO)C2CCCC2)c1. The molecule has 0 aliphatic heterocycles. The molecule has 158 valence electrons. The number of benzene rings is 1. The van der Waals surface area contributed by atoms with Crippen molar-refractivity contribution in [3.05, 3.63) is 47.9 Å². The highest BCUT2D eigenvalue weighted by atomic mass is 16.3. The smallest absolute Gasteiger partial charge is 0.248 e. The van der Waals surface area contributed by atoms with Crippen molar-refractivity contribution < 1.29 is 15.0 Å². The molecule has 1 aliphatic rings. The fourth-order valence-corrected chi connectivity index (χ4v) is 4.11. The molecule has 0 spiro atoms. The number of amides is 1. The van der Waals surface area contributed by atoms with Crippen molar-refractivity contribution in [2.45, 2.75) is 50.9 Å². The molecule has 1 atom stereocenters. The first-order valence-corrected chi connectivity index (χ1v) is 10.2. The van der Waals surface area contributed by atoms with Gasteiger partial charge in [0.05, 0.1) is 30.8 Å². The Morgan fingerprint density at radius 3 is 2.83 bits per heavy atom. The van der Waals surface area contributed by atoms with Gasteiger partial charge in [0, 0.05) is 18.2 Å². The van der Waals surface area contributed by atoms with Gasteiger partial charge in [0.1, 0.15) is 12.1 Å². The highest BCUT2D eigenvalue weighted by Gasteiger charge is 2.26. The van der Waals surface area contributed by atoms with Gasteiger partial charge in [0.25, 0.3) is 0 Å². The fourth-order valence-electron chi connectivity index (χ4n) is 4.11. The van der Waals surface area contributed by atoms with Crippen LogP contribution in [0.2, 0.25) is 0 Å². The Bertz CT molecular complexity index is 1030. The van der Waals surface area contributed by atoms with Crippen molar-refractivity contribution >= 4 is 22.8 Å². The van der Waals surface area contributed by atoms with Crippen LogP contribution in [0.1, 0.15) is 41.6 Å². The first kappa shape index (κ1) is 20.2. The van der Waals surface area contributed by atoms with Crippen molar-refractivity contribution in [1.29, 1.82) is 0 Å². The molecule has 4 N–H and O–H groups in total. The van der Waals surface area contributed by atoms with Crippen LogP contribution in [0.3, 0.4) is 0 Å². The second kappa shape index (κ2) is 8.76. The maximum absolute atomic E-state index is 11.6. The van der Waals surface area contributed by atoms with Crippen LogP contribution in [0.25, 0.3) is 11.0 Å². The lowest BCUT2D eigenvalue weighted by Crippen LogP contribution is -2.33. The van der Waals surface area contributed by atoms with E-state index in [1.807, 2.05) is 18.2 Å². The maximum Gasteiger partial charge on any atom is 0.248 e. The number of aliphatic hydroxyl groups excluding tert-OH is 2. The van der Waals surface area contributed by atoms with E-state index in [-0.39, 0.29) is 13.2 Å². The fraction of sp³-hybridized carbons (Fsp3) is 0.429. The van der Waals surface area contributed by atoms with Crippen LogP contribution in [0, 0.1) is 0 Å². The predicted octanol–water partition coefficient (Wildman–Crippen LogP) is 1.23. The largest absolute Gasteiger partial charge is 0.394 e. The van der Waals surface area contributed by atoms with Crippen LogP contribution in [-0.2, 0) is 13.1 Å². The summed E-state index contributed by atoms with van der Waals surface area (Å²) in [4.78, 5) is 22.8. The van der Waals surface area contributed by atoms with E-state index in [9.17, 15) is 9.90 Å². The number of hydrogen-bond donors (Lipinski definition) is 3. The highest BCUT2D eigenvalue weighted by Crippen LogP contribution is 2.32. The molecule has 9 heteroatoms. The van der Waals surface area contributed by atoms with Gasteiger partial charge in [-0.2, -0.15) is 5.10 Å². The number of carbonyl (C=O) groups is 1. The van der Waals surface area contributed by atoms with Gasteiger partial charge < -0.3 is 20.8 Å². The highest BCUT2D eigenvalue weighted by molar-refractivity contribution is 5.93. The Labute approximate surface area is 174 Å². The number of nitrogens with two attached hydrogens (primary N) is 1. The van der Waals surface area contributed by atoms with Crippen LogP contribution >= 0.6 is 0 Å². The van der Waals surface area contributed by atoms with Gasteiger partial charge in [-0.25, -0.2) is 14.6 Å². The molecule has 1 saturated carbocycles. The average Bonchev–Trinajstić information content (AvgIpc) is 3.42. The van der Waals surface area contributed by atoms with Crippen LogP contribution in [0.5, 0.6) is 0 Å². The van der Waals surface area contributed by atoms with Crippen LogP contribution in [-0.4, -0.2) is 54.6 Å². The van der Waals surface area contributed by atoms with Gasteiger partial charge in [-0.1, -0.05) is 25.0 Å². The predicted molar refractivity (Wildman–Crippen MR) is 112 cm³/mol. The summed E-state index contributed by atoms with van der Waals surface area (Å²) in [6.45, 7) is 0.395. The molecule has 4 rings (SSSR count). The number of nitrogens with zero attached hydrogens (tertiary/aromatic N) is 5. The van der Waals surface area contributed by atoms with Crippen molar-refractivity contribution in [1.82, 2.24) is 19.7 Å². The number of aliphatic hydroxyl groups is 2. The molecule has 2 heterocycles. The number of rotatable bonds is 8. The Hall–Kier alpha value is -3.04. The summed E-state index contributed by atoms with van der Waals surface area (Å²) >= 11 is 0. The van der Waals surface area contributed by atoms with E-state index in [1.54, 1.807) is 16.9 Å². The van der Waals surface area contributed by atoms with E-state index in [0.29, 0.717) is 23.8 Å². The molecule has 1 aromatic carbocycles. The zero-order valence-electron chi connectivity index (χ0n) is 16.7. The molecule has 1 amide bonds. The van der Waals surface area contributed by atoms with E-state index in [2.05, 4.69) is 20.0 Å². The van der Waals surface area contributed by atoms with Crippen molar-refractivity contribution in [3.8, 4) is 0 Å². The molecular formula is C21H26N6O3. The quantitative estimate of drug-likeness (QED) is 0.509. The summed E-state index contributed by atoms with van der Waals surface area (Å²) in [5, 5.41) is 24.1. The summed E-state index contributed by atoms with van der Waals surface area (Å²) in [5.41, 5.74) is 7.53.